The highest BCUT2D eigenvalue weighted by Crippen LogP contribution is 2.55. The minimum absolute atomic E-state index is 0.591. The van der Waals surface area contributed by atoms with Gasteiger partial charge in [0.15, 0.2) is 0 Å². The Labute approximate surface area is 250 Å². The van der Waals surface area contributed by atoms with Gasteiger partial charge in [0.05, 0.1) is 53.1 Å². The largest absolute Gasteiger partial charge is 0.498 e. The summed E-state index contributed by atoms with van der Waals surface area (Å²) in [7, 11) is 1.94. The van der Waals surface area contributed by atoms with Crippen LogP contribution in [-0.2, 0) is 19.1 Å². The topological polar surface area (TPSA) is 105 Å². The van der Waals surface area contributed by atoms with Gasteiger partial charge in [-0.25, -0.2) is 0 Å². The van der Waals surface area contributed by atoms with Crippen LogP contribution in [0.15, 0.2) is 0 Å². The third-order valence-electron chi connectivity index (χ3n) is 5.97. The molecule has 0 heterocycles. The first-order valence-electron chi connectivity index (χ1n) is 12.0. The Morgan fingerprint density at radius 3 is 1.34 bits per heavy atom. The molecule has 278 valence electrons. The molecule has 8 nitrogen and oxygen atoms in total. The molecule has 0 aromatic carbocycles. The Morgan fingerprint density at radius 1 is 0.638 bits per heavy atom. The van der Waals surface area contributed by atoms with E-state index in [9.17, 15) is 98.5 Å². The van der Waals surface area contributed by atoms with Gasteiger partial charge in [0.1, 0.15) is 6.04 Å². The van der Waals surface area contributed by atoms with E-state index in [-0.39, 0.29) is 0 Å². The van der Waals surface area contributed by atoms with Crippen molar-refractivity contribution in [3.8, 4) is 0 Å². The number of likely N-dealkylation sites (N-methyl/N-ethyl adjacent to an activating group) is 1. The van der Waals surface area contributed by atoms with E-state index in [1.165, 1.54) is 0 Å². The molecule has 1 amide bonds. The van der Waals surface area contributed by atoms with Gasteiger partial charge in [0.2, 0.25) is 0 Å². The highest BCUT2D eigenvalue weighted by atomic mass is 19.4. The minimum atomic E-state index is -7.30. The molecule has 0 saturated heterocycles. The summed E-state index contributed by atoms with van der Waals surface area (Å²) >= 11 is 0. The molecule has 1 N–H and O–H groups in total. The molecule has 0 aromatic rings. The number of amides is 1. The zero-order valence-corrected chi connectivity index (χ0v) is 23.2. The number of rotatable bonds is 17. The van der Waals surface area contributed by atoms with Crippen molar-refractivity contribution in [2.45, 2.75) is 73.2 Å². The van der Waals surface area contributed by atoms with E-state index in [1.54, 1.807) is 0 Å². The predicted octanol–water partition coefficient (Wildman–Crippen LogP) is 4.56. The van der Waals surface area contributed by atoms with Crippen molar-refractivity contribution < 1.29 is 112 Å². The summed E-state index contributed by atoms with van der Waals surface area (Å²) in [5.41, 5.74) is 0. The van der Waals surface area contributed by atoms with Crippen LogP contribution >= 0.6 is 0 Å². The molecule has 1 atom stereocenters. The molecule has 26 heteroatoms. The number of alkyl halides is 18. The number of nitrogens with one attached hydrogen (secondary N) is 1. The number of carboxylic acid groups (broad SMARTS) is 1. The standard InChI is InChI=1S/C21H22F18N2O6/c1-41(2,13(44)45)6-5-40-10(12(43)47-8-4-15(24,25)17(28,29)19(32,33)21(37,38)39)9-11(42)46-7-3-14(22,23)16(26,27)18(30,31)20(34,35)36/h10,40H,3-9H2,1-2H3. The van der Waals surface area contributed by atoms with Crippen molar-refractivity contribution in [3.05, 3.63) is 0 Å². The molecule has 0 radical (unpaired) electrons. The van der Waals surface area contributed by atoms with Gasteiger partial charge < -0.3 is 19.4 Å². The number of quaternary nitrogens is 1. The zero-order valence-electron chi connectivity index (χ0n) is 23.2. The lowest BCUT2D eigenvalue weighted by molar-refractivity contribution is -0.836. The van der Waals surface area contributed by atoms with Crippen LogP contribution in [0.5, 0.6) is 0 Å². The van der Waals surface area contributed by atoms with Gasteiger partial charge in [0, 0.05) is 6.54 Å². The van der Waals surface area contributed by atoms with Crippen LogP contribution in [-0.4, -0.2) is 117 Å². The van der Waals surface area contributed by atoms with Crippen molar-refractivity contribution in [1.29, 1.82) is 0 Å². The maximum absolute atomic E-state index is 13.7. The monoisotopic (exact) mass is 740 g/mol. The molecule has 0 aliphatic carbocycles. The molecular weight excluding hydrogens is 718 g/mol. The zero-order chi connectivity index (χ0) is 37.9. The summed E-state index contributed by atoms with van der Waals surface area (Å²) in [5, 5.41) is 13.0. The average molecular weight is 740 g/mol. The Bertz CT molecular complexity index is 1110. The lowest BCUT2D eigenvalue weighted by atomic mass is 10.0. The third-order valence-corrected chi connectivity index (χ3v) is 5.97. The number of esters is 2. The minimum Gasteiger partial charge on any atom is -0.498 e. The van der Waals surface area contributed by atoms with E-state index in [0.717, 1.165) is 14.1 Å². The molecule has 0 saturated carbocycles. The quantitative estimate of drug-likeness (QED) is 0.133. The van der Waals surface area contributed by atoms with Gasteiger partial charge in [-0.05, 0) is 0 Å². The fraction of sp³-hybridized carbons (Fsp3) is 0.857. The predicted molar refractivity (Wildman–Crippen MR) is 112 cm³/mol. The second-order valence-corrected chi connectivity index (χ2v) is 9.98. The summed E-state index contributed by atoms with van der Waals surface area (Å²) in [6.07, 6.45) is -23.1. The van der Waals surface area contributed by atoms with Crippen LogP contribution in [0.1, 0.15) is 19.3 Å². The van der Waals surface area contributed by atoms with Crippen LogP contribution in [0.25, 0.3) is 0 Å². The lowest BCUT2D eigenvalue weighted by Gasteiger charge is -2.33. The molecule has 0 fully saturated rings. The van der Waals surface area contributed by atoms with Crippen LogP contribution in [0, 0.1) is 0 Å². The molecule has 0 rings (SSSR count). The molecular formula is C21H22F18N2O6. The van der Waals surface area contributed by atoms with Crippen molar-refractivity contribution in [2.75, 3.05) is 40.4 Å². The fourth-order valence-corrected chi connectivity index (χ4v) is 2.88. The van der Waals surface area contributed by atoms with Gasteiger partial charge in [-0.15, -0.1) is 0 Å². The van der Waals surface area contributed by atoms with Gasteiger partial charge in [-0.3, -0.25) is 19.4 Å². The first-order valence-corrected chi connectivity index (χ1v) is 12.0. The van der Waals surface area contributed by atoms with Gasteiger partial charge >= 0.3 is 59.8 Å². The third kappa shape index (κ3) is 9.81. The first-order chi connectivity index (χ1) is 20.5. The summed E-state index contributed by atoms with van der Waals surface area (Å²) in [6, 6.07) is -2.33. The number of hydrogen-bond donors (Lipinski definition) is 1. The summed E-state index contributed by atoms with van der Waals surface area (Å²) < 4.78 is 240. The number of ether oxygens (including phenoxy) is 2. The maximum Gasteiger partial charge on any atom is 0.460 e. The first kappa shape index (κ1) is 44.1. The fourth-order valence-electron chi connectivity index (χ4n) is 2.88. The number of carbonyl (C=O) groups excluding carboxylic acids is 3. The number of carbonyl (C=O) groups is 3. The molecule has 0 aromatic heterocycles. The van der Waals surface area contributed by atoms with Crippen LogP contribution in [0.4, 0.5) is 83.8 Å². The normalized spacial score (nSPS) is 15.3. The van der Waals surface area contributed by atoms with E-state index >= 15 is 0 Å². The summed E-state index contributed by atoms with van der Waals surface area (Å²) in [6.45, 7) is -5.43. The van der Waals surface area contributed by atoms with Crippen LogP contribution in [0.3, 0.4) is 0 Å². The van der Waals surface area contributed by atoms with E-state index in [2.05, 4.69) is 9.47 Å². The number of halogens is 18. The molecule has 0 aliphatic heterocycles. The highest BCUT2D eigenvalue weighted by Gasteiger charge is 2.82. The highest BCUT2D eigenvalue weighted by molar-refractivity contribution is 5.82. The van der Waals surface area contributed by atoms with Gasteiger partial charge in [0.25, 0.3) is 6.09 Å². The van der Waals surface area contributed by atoms with Gasteiger partial charge in [-0.1, -0.05) is 0 Å². The average Bonchev–Trinajstić information content (AvgIpc) is 2.85. The lowest BCUT2D eigenvalue weighted by Crippen LogP contribution is -2.61. The molecule has 0 aliphatic rings. The Kier molecular flexibility index (Phi) is 13.4. The van der Waals surface area contributed by atoms with Crippen molar-refractivity contribution in [3.63, 3.8) is 0 Å². The Balaban J connectivity index is 5.70. The molecule has 47 heavy (non-hydrogen) atoms. The van der Waals surface area contributed by atoms with Crippen molar-refractivity contribution in [1.82, 2.24) is 5.32 Å². The number of nitrogens with zero attached hydrogens (tertiary/aromatic N) is 1. The SMILES string of the molecule is C[N+](C)(CCNC(CC(=O)OCCC(F)(F)C(F)(F)C(F)(F)C(F)(F)F)C(=O)OCCC(F)(F)C(F)(F)C(F)(F)C(F)(F)F)C(=O)[O-]. The Morgan fingerprint density at radius 2 is 1.00 bits per heavy atom. The molecule has 0 spiro atoms. The second kappa shape index (κ2) is 14.3. The van der Waals surface area contributed by atoms with Gasteiger partial charge in [-0.2, -0.15) is 79.0 Å². The second-order valence-electron chi connectivity index (χ2n) is 9.98. The van der Waals surface area contributed by atoms with E-state index in [0.29, 0.717) is 0 Å². The van der Waals surface area contributed by atoms with Crippen molar-refractivity contribution in [2.24, 2.45) is 0 Å². The number of hydrogen-bond acceptors (Lipinski definition) is 7. The summed E-state index contributed by atoms with van der Waals surface area (Å²) in [4.78, 5) is 35.2. The van der Waals surface area contributed by atoms with E-state index in [4.69, 9.17) is 0 Å². The van der Waals surface area contributed by atoms with E-state index < -0.39 is 122 Å². The maximum atomic E-state index is 13.7. The molecule has 0 bridgehead atoms. The smallest absolute Gasteiger partial charge is 0.460 e. The van der Waals surface area contributed by atoms with Crippen molar-refractivity contribution >= 4 is 18.0 Å². The van der Waals surface area contributed by atoms with Crippen LogP contribution in [0.2, 0.25) is 0 Å². The molecule has 1 unspecified atom stereocenters. The Hall–Kier alpha value is -2.93. The van der Waals surface area contributed by atoms with E-state index in [1.807, 2.05) is 5.32 Å². The van der Waals surface area contributed by atoms with Crippen LogP contribution < -0.4 is 10.4 Å². The summed E-state index contributed by atoms with van der Waals surface area (Å²) in [5.74, 6) is -45.2.